The fourth-order valence-corrected chi connectivity index (χ4v) is 2.21. The van der Waals surface area contributed by atoms with E-state index in [0.717, 1.165) is 0 Å². The van der Waals surface area contributed by atoms with Crippen molar-refractivity contribution in [3.63, 3.8) is 0 Å². The van der Waals surface area contributed by atoms with Crippen molar-refractivity contribution in [3.8, 4) is 11.1 Å². The van der Waals surface area contributed by atoms with Crippen LogP contribution in [0, 0.1) is 6.92 Å². The first-order valence-corrected chi connectivity index (χ1v) is 5.56. The molecule has 0 saturated carbocycles. The zero-order chi connectivity index (χ0) is 11.0. The van der Waals surface area contributed by atoms with E-state index in [9.17, 15) is 0 Å². The van der Waals surface area contributed by atoms with Crippen LogP contribution in [0.3, 0.4) is 0 Å². The van der Waals surface area contributed by atoms with Crippen LogP contribution in [0.5, 0.6) is 0 Å². The minimum atomic E-state index is 0. The summed E-state index contributed by atoms with van der Waals surface area (Å²) in [5, 5.41) is 2.63. The average Bonchev–Trinajstić information content (AvgIpc) is 2.75. The molecule has 3 aromatic rings. The molecule has 0 N–H and O–H groups in total. The number of hydrogen-bond acceptors (Lipinski definition) is 0. The van der Waals surface area contributed by atoms with E-state index in [0.29, 0.717) is 0 Å². The van der Waals surface area contributed by atoms with Crippen molar-refractivity contribution in [1.29, 1.82) is 0 Å². The molecule has 0 amide bonds. The van der Waals surface area contributed by atoms with E-state index in [1.807, 2.05) is 0 Å². The molecular formula is C16H13Cl2Zr. The second-order valence-corrected chi connectivity index (χ2v) is 4.20. The number of fused-ring (bicyclic) bond motifs is 1. The topological polar surface area (TPSA) is 0 Å². The van der Waals surface area contributed by atoms with Gasteiger partial charge in [0.05, 0.1) is 0 Å². The molecule has 0 saturated heterocycles. The normalized spacial score (nSPS) is 9.11. The number of halogens is 2. The Morgan fingerprint density at radius 3 is 2.26 bits per heavy atom. The summed E-state index contributed by atoms with van der Waals surface area (Å²) in [5.41, 5.74) is 3.96. The van der Waals surface area contributed by atoms with E-state index >= 15 is 0 Å². The molecule has 19 heavy (non-hydrogen) atoms. The van der Waals surface area contributed by atoms with Crippen LogP contribution in [0.15, 0.2) is 60.7 Å². The van der Waals surface area contributed by atoms with Crippen molar-refractivity contribution in [2.75, 3.05) is 0 Å². The molecule has 0 nitrogen and oxygen atoms in total. The number of aryl methyl sites for hydroxylation is 1. The van der Waals surface area contributed by atoms with Crippen LogP contribution >= 0.6 is 0 Å². The molecule has 1 radical (unpaired) electrons. The van der Waals surface area contributed by atoms with Gasteiger partial charge < -0.3 is 24.8 Å². The zero-order valence-corrected chi connectivity index (χ0v) is 14.5. The van der Waals surface area contributed by atoms with Crippen LogP contribution < -0.4 is 24.8 Å². The van der Waals surface area contributed by atoms with Crippen molar-refractivity contribution in [1.82, 2.24) is 0 Å². The number of benzene rings is 2. The van der Waals surface area contributed by atoms with Gasteiger partial charge in [0.1, 0.15) is 0 Å². The van der Waals surface area contributed by atoms with Gasteiger partial charge in [-0.05, 0) is 10.8 Å². The van der Waals surface area contributed by atoms with Gasteiger partial charge in [0.2, 0.25) is 0 Å². The molecule has 95 valence electrons. The summed E-state index contributed by atoms with van der Waals surface area (Å²) in [6, 6.07) is 21.6. The molecule has 0 atom stereocenters. The van der Waals surface area contributed by atoms with Crippen LogP contribution in [0.4, 0.5) is 0 Å². The Bertz CT molecular complexity index is 639. The molecule has 3 rings (SSSR count). The van der Waals surface area contributed by atoms with E-state index in [1.54, 1.807) is 0 Å². The fraction of sp³-hybridized carbons (Fsp3) is 0.0625. The van der Waals surface area contributed by atoms with Crippen LogP contribution in [-0.2, 0) is 26.2 Å². The quantitative estimate of drug-likeness (QED) is 0.462. The molecule has 0 spiro atoms. The minimum absolute atomic E-state index is 0. The molecule has 3 aromatic carbocycles. The largest absolute Gasteiger partial charge is 3.00 e. The van der Waals surface area contributed by atoms with Gasteiger partial charge in [-0.3, -0.25) is 0 Å². The summed E-state index contributed by atoms with van der Waals surface area (Å²) in [5.74, 6) is 0. The van der Waals surface area contributed by atoms with E-state index in [2.05, 4.69) is 67.6 Å². The molecule has 3 heteroatoms. The molecular weight excluding hydrogens is 354 g/mol. The van der Waals surface area contributed by atoms with E-state index in [4.69, 9.17) is 0 Å². The van der Waals surface area contributed by atoms with Crippen LogP contribution in [0.25, 0.3) is 21.9 Å². The standard InChI is InChI=1S/C16H13.2ClH.Zr/c1-12-9-10-14(11-12)16-8-4-6-13-5-2-3-7-15(13)16;;;/h2-11H,1H3;2*1H;/q-1;;;+3/p-2. The van der Waals surface area contributed by atoms with Gasteiger partial charge in [-0.2, -0.15) is 23.3 Å². The van der Waals surface area contributed by atoms with Crippen LogP contribution in [0.1, 0.15) is 5.56 Å². The Hall–Kier alpha value is -0.487. The number of hydrogen-bond donors (Lipinski definition) is 0. The maximum atomic E-state index is 2.24. The first-order chi connectivity index (χ1) is 7.84. The molecule has 0 aliphatic carbocycles. The molecule has 0 aliphatic rings. The van der Waals surface area contributed by atoms with Crippen LogP contribution in [0.2, 0.25) is 0 Å². The molecule has 0 aromatic heterocycles. The van der Waals surface area contributed by atoms with Crippen molar-refractivity contribution < 1.29 is 51.0 Å². The first-order valence-electron chi connectivity index (χ1n) is 5.56. The molecule has 0 bridgehead atoms. The summed E-state index contributed by atoms with van der Waals surface area (Å²) < 4.78 is 0. The van der Waals surface area contributed by atoms with Gasteiger partial charge in [-0.1, -0.05) is 55.0 Å². The van der Waals surface area contributed by atoms with E-state index in [1.165, 1.54) is 27.5 Å². The summed E-state index contributed by atoms with van der Waals surface area (Å²) in [6.45, 7) is 2.13. The van der Waals surface area contributed by atoms with Crippen molar-refractivity contribution in [2.24, 2.45) is 0 Å². The van der Waals surface area contributed by atoms with Gasteiger partial charge in [-0.25, -0.2) is 6.07 Å². The van der Waals surface area contributed by atoms with Gasteiger partial charge in [0, 0.05) is 0 Å². The van der Waals surface area contributed by atoms with Gasteiger partial charge >= 0.3 is 26.2 Å². The second-order valence-electron chi connectivity index (χ2n) is 4.20. The molecule has 0 unspecified atom stereocenters. The molecule has 0 aliphatic heterocycles. The average molecular weight is 367 g/mol. The first kappa shape index (κ1) is 18.5. The van der Waals surface area contributed by atoms with E-state index in [-0.39, 0.29) is 51.0 Å². The zero-order valence-electron chi connectivity index (χ0n) is 10.5. The number of rotatable bonds is 1. The Balaban J connectivity index is 0.00000108. The van der Waals surface area contributed by atoms with Gasteiger partial charge in [0.15, 0.2) is 0 Å². The van der Waals surface area contributed by atoms with Crippen molar-refractivity contribution in [2.45, 2.75) is 6.92 Å². The summed E-state index contributed by atoms with van der Waals surface area (Å²) in [7, 11) is 0. The second kappa shape index (κ2) is 7.95. The van der Waals surface area contributed by atoms with Crippen molar-refractivity contribution in [3.05, 3.63) is 66.2 Å². The van der Waals surface area contributed by atoms with Gasteiger partial charge in [-0.15, -0.1) is 0 Å². The third kappa shape index (κ3) is 3.75. The summed E-state index contributed by atoms with van der Waals surface area (Å²) >= 11 is 0. The van der Waals surface area contributed by atoms with Gasteiger partial charge in [0.25, 0.3) is 0 Å². The smallest absolute Gasteiger partial charge is 1.00 e. The minimum Gasteiger partial charge on any atom is -1.00 e. The van der Waals surface area contributed by atoms with Crippen LogP contribution in [-0.4, -0.2) is 0 Å². The Morgan fingerprint density at radius 2 is 1.58 bits per heavy atom. The molecule has 0 heterocycles. The monoisotopic (exact) mass is 365 g/mol. The maximum absolute atomic E-state index is 2.24. The SMILES string of the molecule is Cc1cc(-c2cccc3ccccc23)c[cH-]1.[Cl-].[Cl-].[Zr+3]. The Kier molecular flexibility index (Phi) is 7.74. The third-order valence-electron chi connectivity index (χ3n) is 3.01. The molecule has 0 fully saturated rings. The third-order valence-corrected chi connectivity index (χ3v) is 3.01. The van der Waals surface area contributed by atoms with Crippen molar-refractivity contribution >= 4 is 10.8 Å². The summed E-state index contributed by atoms with van der Waals surface area (Å²) in [4.78, 5) is 0. The summed E-state index contributed by atoms with van der Waals surface area (Å²) in [6.07, 6.45) is 0. The predicted molar refractivity (Wildman–Crippen MR) is 69.7 cm³/mol. The predicted octanol–water partition coefficient (Wildman–Crippen LogP) is -1.46. The maximum Gasteiger partial charge on any atom is 3.00 e. The fourth-order valence-electron chi connectivity index (χ4n) is 2.21. The Morgan fingerprint density at radius 1 is 0.895 bits per heavy atom. The Labute approximate surface area is 145 Å². The van der Waals surface area contributed by atoms with E-state index < -0.39 is 0 Å².